The number of carbonyl (C=O) groups is 2. The molecule has 2 aromatic carbocycles. The molecular weight excluding hydrogens is 331 g/mol. The number of hydrogen-bond donors (Lipinski definition) is 1. The molecule has 0 saturated carbocycles. The molecule has 4 nitrogen and oxygen atoms in total. The highest BCUT2D eigenvalue weighted by atomic mass is 35.5. The lowest BCUT2D eigenvalue weighted by atomic mass is 10.1. The van der Waals surface area contributed by atoms with Gasteiger partial charge in [-0.3, -0.25) is 9.59 Å². The Balaban J connectivity index is 1.86. The van der Waals surface area contributed by atoms with Gasteiger partial charge < -0.3 is 10.2 Å². The molecule has 1 saturated heterocycles. The Bertz CT molecular complexity index is 788. The van der Waals surface area contributed by atoms with Gasteiger partial charge in [-0.1, -0.05) is 23.7 Å². The second-order valence-corrected chi connectivity index (χ2v) is 6.06. The van der Waals surface area contributed by atoms with Gasteiger partial charge >= 0.3 is 0 Å². The summed E-state index contributed by atoms with van der Waals surface area (Å²) >= 11 is 5.82. The number of carbonyl (C=O) groups excluding carboxylic acids is 2. The fraction of sp³-hybridized carbons (Fsp3) is 0.222. The van der Waals surface area contributed by atoms with Gasteiger partial charge in [0, 0.05) is 18.1 Å². The Labute approximate surface area is 144 Å². The predicted molar refractivity (Wildman–Crippen MR) is 90.9 cm³/mol. The minimum Gasteiger partial charge on any atom is -0.339 e. The minimum atomic E-state index is -0.666. The van der Waals surface area contributed by atoms with E-state index in [1.165, 1.54) is 12.1 Å². The third-order valence-electron chi connectivity index (χ3n) is 3.97. The number of rotatable bonds is 3. The Morgan fingerprint density at radius 3 is 2.50 bits per heavy atom. The fourth-order valence-electron chi connectivity index (χ4n) is 2.73. The molecule has 0 spiro atoms. The van der Waals surface area contributed by atoms with Crippen LogP contribution in [0.2, 0.25) is 5.02 Å². The maximum atomic E-state index is 13.8. The molecule has 0 aromatic heterocycles. The summed E-state index contributed by atoms with van der Waals surface area (Å²) in [6.45, 7) is 1.42. The average Bonchev–Trinajstić information content (AvgIpc) is 3.11. The molecule has 124 valence electrons. The fourth-order valence-corrected chi connectivity index (χ4v) is 2.90. The first-order valence-corrected chi connectivity index (χ1v) is 8.09. The summed E-state index contributed by atoms with van der Waals surface area (Å²) in [7, 11) is 0. The SMILES string of the molecule is O=C(Nc1ccccc1C(=O)N1CCCC1)c1cc(Cl)ccc1F. The molecule has 1 N–H and O–H groups in total. The minimum absolute atomic E-state index is 0.130. The number of hydrogen-bond acceptors (Lipinski definition) is 2. The zero-order valence-corrected chi connectivity index (χ0v) is 13.6. The maximum absolute atomic E-state index is 13.8. The largest absolute Gasteiger partial charge is 0.339 e. The molecule has 0 unspecified atom stereocenters. The van der Waals surface area contributed by atoms with Crippen molar-refractivity contribution in [3.63, 3.8) is 0 Å². The van der Waals surface area contributed by atoms with Crippen LogP contribution in [0.3, 0.4) is 0 Å². The molecule has 24 heavy (non-hydrogen) atoms. The van der Waals surface area contributed by atoms with E-state index >= 15 is 0 Å². The van der Waals surface area contributed by atoms with Crippen LogP contribution in [-0.4, -0.2) is 29.8 Å². The highest BCUT2D eigenvalue weighted by molar-refractivity contribution is 6.31. The normalized spacial score (nSPS) is 13.8. The molecule has 1 heterocycles. The number of nitrogens with zero attached hydrogens (tertiary/aromatic N) is 1. The van der Waals surface area contributed by atoms with Crippen LogP contribution >= 0.6 is 11.6 Å². The lowest BCUT2D eigenvalue weighted by molar-refractivity contribution is 0.0794. The van der Waals surface area contributed by atoms with Crippen molar-refractivity contribution in [1.82, 2.24) is 4.90 Å². The van der Waals surface area contributed by atoms with E-state index in [0.717, 1.165) is 18.9 Å². The summed E-state index contributed by atoms with van der Waals surface area (Å²) in [5.74, 6) is -1.44. The van der Waals surface area contributed by atoms with Crippen molar-refractivity contribution in [3.05, 3.63) is 64.4 Å². The van der Waals surface area contributed by atoms with Gasteiger partial charge in [0.2, 0.25) is 0 Å². The molecule has 1 fully saturated rings. The summed E-state index contributed by atoms with van der Waals surface area (Å²) in [5, 5.41) is 2.88. The number of anilines is 1. The Hall–Kier alpha value is -2.40. The van der Waals surface area contributed by atoms with E-state index in [2.05, 4.69) is 5.32 Å². The number of nitrogens with one attached hydrogen (secondary N) is 1. The molecular formula is C18H16ClFN2O2. The van der Waals surface area contributed by atoms with Crippen LogP contribution in [-0.2, 0) is 0 Å². The molecule has 0 bridgehead atoms. The van der Waals surface area contributed by atoms with Gasteiger partial charge in [0.1, 0.15) is 5.82 Å². The third kappa shape index (κ3) is 3.41. The number of halogens is 2. The van der Waals surface area contributed by atoms with Crippen LogP contribution in [0.25, 0.3) is 0 Å². The van der Waals surface area contributed by atoms with Gasteiger partial charge in [-0.2, -0.15) is 0 Å². The first-order valence-electron chi connectivity index (χ1n) is 7.71. The summed E-state index contributed by atoms with van der Waals surface area (Å²) in [4.78, 5) is 26.7. The molecule has 0 atom stereocenters. The standard InChI is InChI=1S/C18H16ClFN2O2/c19-12-7-8-15(20)14(11-12)17(23)21-16-6-2-1-5-13(16)18(24)22-9-3-4-10-22/h1-2,5-8,11H,3-4,9-10H2,(H,21,23). The van der Waals surface area contributed by atoms with Crippen LogP contribution in [0.1, 0.15) is 33.6 Å². The van der Waals surface area contributed by atoms with Crippen LogP contribution in [0, 0.1) is 5.82 Å². The highest BCUT2D eigenvalue weighted by Gasteiger charge is 2.23. The Morgan fingerprint density at radius 2 is 1.75 bits per heavy atom. The quantitative estimate of drug-likeness (QED) is 0.914. The van der Waals surface area contributed by atoms with Gasteiger partial charge in [0.15, 0.2) is 0 Å². The Morgan fingerprint density at radius 1 is 1.04 bits per heavy atom. The zero-order chi connectivity index (χ0) is 17.1. The van der Waals surface area contributed by atoms with E-state index in [4.69, 9.17) is 11.6 Å². The van der Waals surface area contributed by atoms with Gasteiger partial charge in [0.25, 0.3) is 11.8 Å². The third-order valence-corrected chi connectivity index (χ3v) is 4.21. The van der Waals surface area contributed by atoms with Crippen molar-refractivity contribution in [3.8, 4) is 0 Å². The second-order valence-electron chi connectivity index (χ2n) is 5.62. The summed E-state index contributed by atoms with van der Waals surface area (Å²) < 4.78 is 13.8. The Kier molecular flexibility index (Phi) is 4.81. The predicted octanol–water partition coefficient (Wildman–Crippen LogP) is 3.97. The number of benzene rings is 2. The van der Waals surface area contributed by atoms with E-state index in [1.54, 1.807) is 29.2 Å². The van der Waals surface area contributed by atoms with Crippen molar-refractivity contribution < 1.29 is 14.0 Å². The zero-order valence-electron chi connectivity index (χ0n) is 12.9. The van der Waals surface area contributed by atoms with Gasteiger partial charge in [0.05, 0.1) is 16.8 Å². The maximum Gasteiger partial charge on any atom is 0.258 e. The van der Waals surface area contributed by atoms with Crippen LogP contribution in [0.15, 0.2) is 42.5 Å². The van der Waals surface area contributed by atoms with Crippen LogP contribution in [0.4, 0.5) is 10.1 Å². The molecule has 1 aliphatic rings. The van der Waals surface area contributed by atoms with Crippen molar-refractivity contribution in [2.24, 2.45) is 0 Å². The van der Waals surface area contributed by atoms with Crippen molar-refractivity contribution >= 4 is 29.1 Å². The topological polar surface area (TPSA) is 49.4 Å². The number of amides is 2. The molecule has 0 radical (unpaired) electrons. The van der Waals surface area contributed by atoms with E-state index in [1.807, 2.05) is 0 Å². The van der Waals surface area contributed by atoms with E-state index in [0.29, 0.717) is 24.3 Å². The summed E-state index contributed by atoms with van der Waals surface area (Å²) in [6, 6.07) is 10.5. The molecule has 2 aromatic rings. The molecule has 6 heteroatoms. The van der Waals surface area contributed by atoms with E-state index in [-0.39, 0.29) is 16.5 Å². The van der Waals surface area contributed by atoms with Crippen molar-refractivity contribution in [2.45, 2.75) is 12.8 Å². The number of para-hydroxylation sites is 1. The lowest BCUT2D eigenvalue weighted by Crippen LogP contribution is -2.28. The summed E-state index contributed by atoms with van der Waals surface area (Å²) in [5.41, 5.74) is 0.597. The van der Waals surface area contributed by atoms with Crippen LogP contribution < -0.4 is 5.32 Å². The smallest absolute Gasteiger partial charge is 0.258 e. The van der Waals surface area contributed by atoms with E-state index in [9.17, 15) is 14.0 Å². The van der Waals surface area contributed by atoms with E-state index < -0.39 is 11.7 Å². The van der Waals surface area contributed by atoms with Gasteiger partial charge in [-0.15, -0.1) is 0 Å². The molecule has 0 aliphatic carbocycles. The van der Waals surface area contributed by atoms with Gasteiger partial charge in [-0.05, 0) is 43.2 Å². The molecule has 3 rings (SSSR count). The highest BCUT2D eigenvalue weighted by Crippen LogP contribution is 2.22. The first kappa shape index (κ1) is 16.5. The first-order chi connectivity index (χ1) is 11.6. The van der Waals surface area contributed by atoms with Crippen LogP contribution in [0.5, 0.6) is 0 Å². The van der Waals surface area contributed by atoms with Crippen molar-refractivity contribution in [1.29, 1.82) is 0 Å². The molecule has 1 aliphatic heterocycles. The monoisotopic (exact) mass is 346 g/mol. The second kappa shape index (κ2) is 7.01. The average molecular weight is 347 g/mol. The summed E-state index contributed by atoms with van der Waals surface area (Å²) in [6.07, 6.45) is 1.96. The lowest BCUT2D eigenvalue weighted by Gasteiger charge is -2.18. The van der Waals surface area contributed by atoms with Crippen molar-refractivity contribution in [2.75, 3.05) is 18.4 Å². The van der Waals surface area contributed by atoms with Gasteiger partial charge in [-0.25, -0.2) is 4.39 Å². The number of likely N-dealkylation sites (tertiary alicyclic amines) is 1. The molecule has 2 amide bonds.